The van der Waals surface area contributed by atoms with Gasteiger partial charge in [-0.05, 0) is 18.2 Å². The number of aliphatic hydroxyl groups excluding tert-OH is 5. The fraction of sp³-hybridized carbons (Fsp3) is 0.333. The van der Waals surface area contributed by atoms with Gasteiger partial charge in [0.25, 0.3) is 0 Å². The summed E-state index contributed by atoms with van der Waals surface area (Å²) in [6.07, 6.45) is -7.02. The molecule has 0 aromatic heterocycles. The predicted octanol–water partition coefficient (Wildman–Crippen LogP) is 0.309. The van der Waals surface area contributed by atoms with Gasteiger partial charge in [-0.25, -0.2) is 0 Å². The number of hydrogen-bond donors (Lipinski definition) is 7. The summed E-state index contributed by atoms with van der Waals surface area (Å²) >= 11 is 0. The van der Waals surface area contributed by atoms with Crippen molar-refractivity contribution < 1.29 is 50.0 Å². The average Bonchev–Trinajstić information content (AvgIpc) is 2.75. The Morgan fingerprint density at radius 2 is 1.58 bits per heavy atom. The van der Waals surface area contributed by atoms with Crippen LogP contribution in [-0.2, 0) is 4.74 Å². The van der Waals surface area contributed by atoms with E-state index in [1.165, 1.54) is 30.3 Å². The van der Waals surface area contributed by atoms with Gasteiger partial charge in [0.2, 0.25) is 6.29 Å². The van der Waals surface area contributed by atoms with E-state index in [2.05, 4.69) is 0 Å². The minimum atomic E-state index is -1.65. The first-order valence-electron chi connectivity index (χ1n) is 9.49. The van der Waals surface area contributed by atoms with Crippen molar-refractivity contribution in [3.63, 3.8) is 0 Å². The molecule has 1 saturated heterocycles. The molecule has 2 aliphatic rings. The van der Waals surface area contributed by atoms with Crippen LogP contribution < -0.4 is 9.47 Å². The Hall–Kier alpha value is -3.02. The van der Waals surface area contributed by atoms with E-state index >= 15 is 0 Å². The van der Waals surface area contributed by atoms with Gasteiger partial charge in [-0.15, -0.1) is 0 Å². The number of aliphatic hydroxyl groups is 5. The third kappa shape index (κ3) is 3.99. The van der Waals surface area contributed by atoms with E-state index in [9.17, 15) is 35.7 Å². The van der Waals surface area contributed by atoms with E-state index in [0.29, 0.717) is 5.56 Å². The van der Waals surface area contributed by atoms with Crippen molar-refractivity contribution in [1.29, 1.82) is 0 Å². The topological polar surface area (TPSA) is 169 Å². The summed E-state index contributed by atoms with van der Waals surface area (Å²) in [6.45, 7) is -0.624. The molecular formula is C21H22O10. The van der Waals surface area contributed by atoms with Crippen LogP contribution in [0.1, 0.15) is 17.2 Å². The molecule has 166 valence electrons. The maximum Gasteiger partial charge on any atom is 0.229 e. The predicted molar refractivity (Wildman–Crippen MR) is 105 cm³/mol. The summed E-state index contributed by atoms with van der Waals surface area (Å²) in [6, 6.07) is 8.54. The number of ether oxygens (including phenoxy) is 3. The van der Waals surface area contributed by atoms with Crippen LogP contribution in [0.4, 0.5) is 0 Å². The smallest absolute Gasteiger partial charge is 0.229 e. The summed E-state index contributed by atoms with van der Waals surface area (Å²) in [7, 11) is 0. The normalized spacial score (nSPS) is 30.1. The zero-order chi connectivity index (χ0) is 22.3. The molecule has 10 heteroatoms. The summed E-state index contributed by atoms with van der Waals surface area (Å²) in [5.41, 5.74) is 0.791. The zero-order valence-electron chi connectivity index (χ0n) is 16.1. The van der Waals surface area contributed by atoms with Crippen LogP contribution in [0.2, 0.25) is 0 Å². The molecule has 0 aliphatic carbocycles. The van der Waals surface area contributed by atoms with Crippen LogP contribution in [-0.4, -0.2) is 73.1 Å². The van der Waals surface area contributed by atoms with Crippen molar-refractivity contribution in [3.8, 4) is 23.0 Å². The van der Waals surface area contributed by atoms with Gasteiger partial charge >= 0.3 is 0 Å². The zero-order valence-corrected chi connectivity index (χ0v) is 16.1. The lowest BCUT2D eigenvalue weighted by Crippen LogP contribution is -2.60. The lowest BCUT2D eigenvalue weighted by Gasteiger charge is -2.39. The molecule has 0 amide bonds. The maximum atomic E-state index is 10.5. The molecule has 10 nitrogen and oxygen atoms in total. The molecule has 2 aromatic rings. The van der Waals surface area contributed by atoms with Gasteiger partial charge in [-0.3, -0.25) is 0 Å². The SMILES string of the molecule is OCC1OC(Oc2cc(O)cc3c2C=C(O)C(c2ccc(O)cc2)O3)C(O)C(O)C1O. The van der Waals surface area contributed by atoms with Crippen molar-refractivity contribution in [3.05, 3.63) is 53.3 Å². The highest BCUT2D eigenvalue weighted by Gasteiger charge is 2.45. The highest BCUT2D eigenvalue weighted by atomic mass is 16.7. The molecule has 6 atom stereocenters. The van der Waals surface area contributed by atoms with Crippen molar-refractivity contribution in [2.45, 2.75) is 36.8 Å². The molecule has 0 spiro atoms. The van der Waals surface area contributed by atoms with E-state index in [-0.39, 0.29) is 34.3 Å². The second-order valence-corrected chi connectivity index (χ2v) is 7.33. The Labute approximate surface area is 176 Å². The second kappa shape index (κ2) is 8.25. The lowest BCUT2D eigenvalue weighted by molar-refractivity contribution is -0.277. The molecule has 0 radical (unpaired) electrons. The summed E-state index contributed by atoms with van der Waals surface area (Å²) in [5, 5.41) is 69.4. The molecule has 0 bridgehead atoms. The number of aromatic hydroxyl groups is 2. The third-order valence-corrected chi connectivity index (χ3v) is 5.18. The Balaban J connectivity index is 1.64. The highest BCUT2D eigenvalue weighted by molar-refractivity contribution is 5.70. The standard InChI is InChI=1S/C21H22O10/c22-8-16-17(26)18(27)19(28)21(31-16)30-15-6-11(24)5-14-12(15)7-13(25)20(29-14)9-1-3-10(23)4-2-9/h1-7,16-28H,8H2. The molecule has 31 heavy (non-hydrogen) atoms. The Kier molecular flexibility index (Phi) is 5.65. The fourth-order valence-electron chi connectivity index (χ4n) is 3.51. The Morgan fingerprint density at radius 1 is 0.871 bits per heavy atom. The largest absolute Gasteiger partial charge is 0.508 e. The van der Waals surface area contributed by atoms with Crippen LogP contribution in [0.5, 0.6) is 23.0 Å². The minimum absolute atomic E-state index is 0.0324. The third-order valence-electron chi connectivity index (χ3n) is 5.18. The molecule has 0 saturated carbocycles. The van der Waals surface area contributed by atoms with Gasteiger partial charge in [0.05, 0.1) is 12.2 Å². The summed E-state index contributed by atoms with van der Waals surface area (Å²) in [5.74, 6) is -0.234. The molecule has 2 heterocycles. The molecule has 4 rings (SSSR count). The molecular weight excluding hydrogens is 412 g/mol. The maximum absolute atomic E-state index is 10.5. The van der Waals surface area contributed by atoms with Crippen LogP contribution in [0.3, 0.4) is 0 Å². The first kappa shape index (κ1) is 21.2. The first-order chi connectivity index (χ1) is 14.8. The highest BCUT2D eigenvalue weighted by Crippen LogP contribution is 2.44. The average molecular weight is 434 g/mol. The lowest BCUT2D eigenvalue weighted by atomic mass is 9.99. The molecule has 2 aliphatic heterocycles. The monoisotopic (exact) mass is 434 g/mol. The molecule has 1 fully saturated rings. The van der Waals surface area contributed by atoms with E-state index < -0.39 is 43.4 Å². The van der Waals surface area contributed by atoms with E-state index in [4.69, 9.17) is 14.2 Å². The second-order valence-electron chi connectivity index (χ2n) is 7.33. The van der Waals surface area contributed by atoms with Gasteiger partial charge < -0.3 is 50.0 Å². The van der Waals surface area contributed by atoms with Crippen LogP contribution >= 0.6 is 0 Å². The van der Waals surface area contributed by atoms with Crippen molar-refractivity contribution in [1.82, 2.24) is 0 Å². The van der Waals surface area contributed by atoms with E-state index in [1.807, 2.05) is 0 Å². The molecule has 6 unspecified atom stereocenters. The number of rotatable bonds is 4. The summed E-state index contributed by atoms with van der Waals surface area (Å²) in [4.78, 5) is 0. The van der Waals surface area contributed by atoms with Crippen LogP contribution in [0.25, 0.3) is 6.08 Å². The Bertz CT molecular complexity index is 971. The van der Waals surface area contributed by atoms with E-state index in [1.54, 1.807) is 12.1 Å². The van der Waals surface area contributed by atoms with Crippen molar-refractivity contribution >= 4 is 6.08 Å². The van der Waals surface area contributed by atoms with Crippen LogP contribution in [0.15, 0.2) is 42.2 Å². The minimum Gasteiger partial charge on any atom is -0.508 e. The number of hydrogen-bond acceptors (Lipinski definition) is 10. The quantitative estimate of drug-likeness (QED) is 0.355. The van der Waals surface area contributed by atoms with Gasteiger partial charge in [0, 0.05) is 17.7 Å². The van der Waals surface area contributed by atoms with Gasteiger partial charge in [-0.2, -0.15) is 0 Å². The number of phenols is 2. The molecule has 2 aromatic carbocycles. The molecule has 7 N–H and O–H groups in total. The number of fused-ring (bicyclic) bond motifs is 1. The van der Waals surface area contributed by atoms with E-state index in [0.717, 1.165) is 0 Å². The Morgan fingerprint density at radius 3 is 2.26 bits per heavy atom. The van der Waals surface area contributed by atoms with Gasteiger partial charge in [0.15, 0.2) is 6.10 Å². The number of benzene rings is 2. The van der Waals surface area contributed by atoms with Crippen LogP contribution in [0, 0.1) is 0 Å². The first-order valence-corrected chi connectivity index (χ1v) is 9.49. The van der Waals surface area contributed by atoms with Gasteiger partial charge in [0.1, 0.15) is 53.2 Å². The van der Waals surface area contributed by atoms with Crippen molar-refractivity contribution in [2.24, 2.45) is 0 Å². The van der Waals surface area contributed by atoms with Crippen molar-refractivity contribution in [2.75, 3.05) is 6.61 Å². The fourth-order valence-corrected chi connectivity index (χ4v) is 3.51. The number of phenolic OH excluding ortho intramolecular Hbond substituents is 2. The summed E-state index contributed by atoms with van der Waals surface area (Å²) < 4.78 is 16.8. The van der Waals surface area contributed by atoms with Gasteiger partial charge in [-0.1, -0.05) is 12.1 Å².